The number of hydrogen-bond acceptors (Lipinski definition) is 5. The molecule has 4 rings (SSSR count). The minimum absolute atomic E-state index is 0.00413. The summed E-state index contributed by atoms with van der Waals surface area (Å²) in [5, 5.41) is 6.94. The number of carbonyl (C=O) groups is 2. The fraction of sp³-hybridized carbons (Fsp3) is 0.273. The van der Waals surface area contributed by atoms with Gasteiger partial charge in [-0.25, -0.2) is 4.68 Å². The van der Waals surface area contributed by atoms with Gasteiger partial charge >= 0.3 is 0 Å². The number of nitrogens with one attached hydrogen (secondary N) is 1. The van der Waals surface area contributed by atoms with Gasteiger partial charge in [0.1, 0.15) is 11.5 Å². The average molecular weight is 406 g/mol. The van der Waals surface area contributed by atoms with Crippen molar-refractivity contribution in [3.05, 3.63) is 82.2 Å². The van der Waals surface area contributed by atoms with Crippen molar-refractivity contribution in [1.29, 1.82) is 0 Å². The zero-order chi connectivity index (χ0) is 21.1. The molecule has 0 spiro atoms. The fourth-order valence-corrected chi connectivity index (χ4v) is 3.62. The van der Waals surface area contributed by atoms with Crippen LogP contribution in [-0.4, -0.2) is 27.6 Å². The summed E-state index contributed by atoms with van der Waals surface area (Å²) in [6, 6.07) is 14.0. The molecule has 2 aromatic heterocycles. The minimum Gasteiger partial charge on any atom is -0.467 e. The highest BCUT2D eigenvalue weighted by Crippen LogP contribution is 2.32. The largest absolute Gasteiger partial charge is 0.467 e. The Balaban J connectivity index is 1.45. The molecule has 0 saturated carbocycles. The Morgan fingerprint density at radius 1 is 1.17 bits per heavy atom. The Morgan fingerprint density at radius 3 is 2.80 bits per heavy atom. The first-order valence-electron chi connectivity index (χ1n) is 9.81. The number of hydrogen-bond donors (Lipinski definition) is 1. The Morgan fingerprint density at radius 2 is 2.00 bits per heavy atom. The standard InChI is InChI=1S/C22H22N4O4/c1-15-13-16-5-2-3-7-19(16)26(15)22(29)18-8-9-21(28)25(24-18)11-10-20(27)23-14-17-6-4-12-30-17/h2-9,12,15H,10-11,13-14H2,1H3,(H,23,27)/t15-/m0/s1. The van der Waals surface area contributed by atoms with Crippen molar-refractivity contribution < 1.29 is 14.0 Å². The zero-order valence-corrected chi connectivity index (χ0v) is 16.6. The molecule has 154 valence electrons. The Hall–Kier alpha value is -3.68. The van der Waals surface area contributed by atoms with Crippen LogP contribution < -0.4 is 15.8 Å². The second-order valence-electron chi connectivity index (χ2n) is 7.24. The smallest absolute Gasteiger partial charge is 0.278 e. The van der Waals surface area contributed by atoms with Crippen LogP contribution in [0.1, 0.15) is 35.2 Å². The number of rotatable bonds is 6. The summed E-state index contributed by atoms with van der Waals surface area (Å²) < 4.78 is 6.32. The van der Waals surface area contributed by atoms with Gasteiger partial charge in [0.2, 0.25) is 5.91 Å². The minimum atomic E-state index is -0.361. The van der Waals surface area contributed by atoms with E-state index in [-0.39, 0.29) is 48.6 Å². The monoisotopic (exact) mass is 406 g/mol. The van der Waals surface area contributed by atoms with Crippen LogP contribution in [0.5, 0.6) is 0 Å². The number of nitrogens with zero attached hydrogens (tertiary/aromatic N) is 3. The lowest BCUT2D eigenvalue weighted by molar-refractivity contribution is -0.121. The molecule has 0 fully saturated rings. The fourth-order valence-electron chi connectivity index (χ4n) is 3.62. The lowest BCUT2D eigenvalue weighted by Gasteiger charge is -2.22. The number of carbonyl (C=O) groups excluding carboxylic acids is 2. The number of furan rings is 1. The molecule has 1 aliphatic heterocycles. The van der Waals surface area contributed by atoms with E-state index >= 15 is 0 Å². The SMILES string of the molecule is C[C@H]1Cc2ccccc2N1C(=O)c1ccc(=O)n(CCC(=O)NCc2ccco2)n1. The Bertz CT molecular complexity index is 1120. The van der Waals surface area contributed by atoms with E-state index in [2.05, 4.69) is 10.4 Å². The van der Waals surface area contributed by atoms with E-state index in [1.807, 2.05) is 31.2 Å². The number of benzene rings is 1. The topological polar surface area (TPSA) is 97.4 Å². The van der Waals surface area contributed by atoms with Gasteiger partial charge in [-0.05, 0) is 43.2 Å². The van der Waals surface area contributed by atoms with Gasteiger partial charge in [0.05, 0.1) is 19.4 Å². The molecule has 30 heavy (non-hydrogen) atoms. The first-order valence-corrected chi connectivity index (χ1v) is 9.81. The van der Waals surface area contributed by atoms with Gasteiger partial charge in [-0.15, -0.1) is 0 Å². The van der Waals surface area contributed by atoms with E-state index in [1.165, 1.54) is 18.4 Å². The molecular formula is C22H22N4O4. The van der Waals surface area contributed by atoms with Gasteiger partial charge in [-0.3, -0.25) is 14.4 Å². The van der Waals surface area contributed by atoms with Gasteiger partial charge in [-0.2, -0.15) is 5.10 Å². The molecule has 8 heteroatoms. The lowest BCUT2D eigenvalue weighted by Crippen LogP contribution is -2.38. The molecule has 0 aliphatic carbocycles. The molecule has 1 aliphatic rings. The maximum atomic E-state index is 13.1. The molecule has 8 nitrogen and oxygen atoms in total. The number of anilines is 1. The van der Waals surface area contributed by atoms with E-state index in [0.717, 1.165) is 22.4 Å². The number of amides is 2. The molecule has 1 aromatic carbocycles. The summed E-state index contributed by atoms with van der Waals surface area (Å²) in [7, 11) is 0. The average Bonchev–Trinajstić information content (AvgIpc) is 3.38. The highest BCUT2D eigenvalue weighted by molar-refractivity contribution is 6.06. The predicted molar refractivity (Wildman–Crippen MR) is 110 cm³/mol. The maximum Gasteiger partial charge on any atom is 0.278 e. The van der Waals surface area contributed by atoms with Crippen molar-refractivity contribution in [3.8, 4) is 0 Å². The summed E-state index contributed by atoms with van der Waals surface area (Å²) in [6.45, 7) is 2.34. The molecule has 3 aromatic rings. The number of aromatic nitrogens is 2. The van der Waals surface area contributed by atoms with Crippen LogP contribution in [-0.2, 0) is 24.3 Å². The maximum absolute atomic E-state index is 13.1. The normalized spacial score (nSPS) is 15.1. The van der Waals surface area contributed by atoms with Gasteiger partial charge in [0, 0.05) is 24.2 Å². The molecule has 0 unspecified atom stereocenters. The van der Waals surface area contributed by atoms with E-state index in [4.69, 9.17) is 4.42 Å². The van der Waals surface area contributed by atoms with Gasteiger partial charge in [-0.1, -0.05) is 18.2 Å². The summed E-state index contributed by atoms with van der Waals surface area (Å²) in [4.78, 5) is 39.0. The summed E-state index contributed by atoms with van der Waals surface area (Å²) in [5.74, 6) is 0.147. The van der Waals surface area contributed by atoms with Crippen molar-refractivity contribution in [3.63, 3.8) is 0 Å². The third-order valence-electron chi connectivity index (χ3n) is 5.10. The van der Waals surface area contributed by atoms with E-state index in [0.29, 0.717) is 5.76 Å². The second kappa shape index (κ2) is 8.36. The quantitative estimate of drug-likeness (QED) is 0.676. The van der Waals surface area contributed by atoms with Crippen molar-refractivity contribution in [2.45, 2.75) is 38.9 Å². The number of aryl methyl sites for hydroxylation is 1. The third kappa shape index (κ3) is 4.03. The van der Waals surface area contributed by atoms with E-state index in [1.54, 1.807) is 17.0 Å². The molecule has 1 N–H and O–H groups in total. The Labute approximate surface area is 173 Å². The number of para-hydroxylation sites is 1. The highest BCUT2D eigenvalue weighted by atomic mass is 16.3. The van der Waals surface area contributed by atoms with Crippen LogP contribution >= 0.6 is 0 Å². The van der Waals surface area contributed by atoms with E-state index < -0.39 is 0 Å². The van der Waals surface area contributed by atoms with Crippen molar-refractivity contribution >= 4 is 17.5 Å². The van der Waals surface area contributed by atoms with Crippen LogP contribution in [0.4, 0.5) is 5.69 Å². The van der Waals surface area contributed by atoms with Crippen LogP contribution in [0.3, 0.4) is 0 Å². The highest BCUT2D eigenvalue weighted by Gasteiger charge is 2.32. The molecular weight excluding hydrogens is 384 g/mol. The summed E-state index contributed by atoms with van der Waals surface area (Å²) in [6.07, 6.45) is 2.37. The first-order chi connectivity index (χ1) is 14.5. The second-order valence-corrected chi connectivity index (χ2v) is 7.24. The number of fused-ring (bicyclic) bond motifs is 1. The molecule has 0 radical (unpaired) electrons. The van der Waals surface area contributed by atoms with Crippen molar-refractivity contribution in [2.75, 3.05) is 4.90 Å². The van der Waals surface area contributed by atoms with Gasteiger partial charge in [0.25, 0.3) is 11.5 Å². The summed E-state index contributed by atoms with van der Waals surface area (Å²) in [5.41, 5.74) is 1.79. The van der Waals surface area contributed by atoms with Crippen molar-refractivity contribution in [1.82, 2.24) is 15.1 Å². The molecule has 1 atom stereocenters. The van der Waals surface area contributed by atoms with Crippen LogP contribution in [0.15, 0.2) is 64.0 Å². The summed E-state index contributed by atoms with van der Waals surface area (Å²) >= 11 is 0. The van der Waals surface area contributed by atoms with E-state index in [9.17, 15) is 14.4 Å². The van der Waals surface area contributed by atoms with Crippen LogP contribution in [0.2, 0.25) is 0 Å². The first kappa shape index (κ1) is 19.6. The Kier molecular flexibility index (Phi) is 5.47. The molecule has 0 saturated heterocycles. The van der Waals surface area contributed by atoms with Crippen molar-refractivity contribution in [2.24, 2.45) is 0 Å². The van der Waals surface area contributed by atoms with Crippen LogP contribution in [0.25, 0.3) is 0 Å². The molecule has 2 amide bonds. The molecule has 0 bridgehead atoms. The zero-order valence-electron chi connectivity index (χ0n) is 16.6. The third-order valence-corrected chi connectivity index (χ3v) is 5.10. The predicted octanol–water partition coefficient (Wildman–Crippen LogP) is 2.13. The van der Waals surface area contributed by atoms with Gasteiger partial charge in [0.15, 0.2) is 0 Å². The lowest BCUT2D eigenvalue weighted by atomic mass is 10.1. The van der Waals surface area contributed by atoms with Gasteiger partial charge < -0.3 is 14.6 Å². The molecule has 3 heterocycles. The van der Waals surface area contributed by atoms with Crippen LogP contribution in [0, 0.1) is 0 Å².